The average Bonchev–Trinajstić information content (AvgIpc) is 2.00. The van der Waals surface area contributed by atoms with Crippen molar-refractivity contribution in [3.05, 3.63) is 0 Å². The second-order valence-electron chi connectivity index (χ2n) is 3.40. The maximum Gasteiger partial charge on any atom is 0.0664 e. The zero-order valence-electron chi connectivity index (χ0n) is 8.33. The topological polar surface area (TPSA) is 23.5 Å². The lowest BCUT2D eigenvalue weighted by Crippen LogP contribution is -2.42. The molecule has 0 aromatic heterocycles. The van der Waals surface area contributed by atoms with Gasteiger partial charge in [-0.2, -0.15) is 0 Å². The summed E-state index contributed by atoms with van der Waals surface area (Å²) in [6, 6.07) is 0.810. The normalized spacial score (nSPS) is 19.9. The van der Waals surface area contributed by atoms with E-state index in [9.17, 15) is 5.11 Å². The van der Waals surface area contributed by atoms with Crippen LogP contribution in [0.5, 0.6) is 0 Å². The quantitative estimate of drug-likeness (QED) is 0.671. The van der Waals surface area contributed by atoms with Gasteiger partial charge in [-0.3, -0.25) is 4.90 Å². The van der Waals surface area contributed by atoms with Gasteiger partial charge < -0.3 is 5.11 Å². The molecule has 0 saturated carbocycles. The number of likely N-dealkylation sites (N-methyl/N-ethyl adjacent to an activating group) is 1. The Morgan fingerprint density at radius 2 is 1.73 bits per heavy atom. The van der Waals surface area contributed by atoms with Crippen LogP contribution in [-0.2, 0) is 0 Å². The average molecular weight is 159 g/mol. The zero-order valence-corrected chi connectivity index (χ0v) is 8.33. The van der Waals surface area contributed by atoms with Crippen LogP contribution in [0.2, 0.25) is 0 Å². The van der Waals surface area contributed by atoms with Crippen molar-refractivity contribution in [3.63, 3.8) is 0 Å². The predicted molar refractivity (Wildman–Crippen MR) is 48.7 cm³/mol. The fourth-order valence-electron chi connectivity index (χ4n) is 1.03. The summed E-state index contributed by atoms with van der Waals surface area (Å²) in [5, 5.41) is 9.29. The highest BCUT2D eigenvalue weighted by molar-refractivity contribution is 4.72. The Labute approximate surface area is 70.2 Å². The molecule has 68 valence electrons. The van der Waals surface area contributed by atoms with Gasteiger partial charge in [-0.05, 0) is 34.2 Å². The molecule has 0 bridgehead atoms. The third-order valence-electron chi connectivity index (χ3n) is 2.63. The van der Waals surface area contributed by atoms with E-state index in [2.05, 4.69) is 32.7 Å². The maximum atomic E-state index is 9.29. The van der Waals surface area contributed by atoms with Crippen molar-refractivity contribution in [1.82, 2.24) is 4.90 Å². The fraction of sp³-hybridized carbons (Fsp3) is 1.00. The first-order valence-corrected chi connectivity index (χ1v) is 4.40. The highest BCUT2D eigenvalue weighted by Crippen LogP contribution is 2.08. The first-order chi connectivity index (χ1) is 5.00. The lowest BCUT2D eigenvalue weighted by atomic mass is 10.1. The molecular formula is C9H21NO. The van der Waals surface area contributed by atoms with Crippen molar-refractivity contribution < 1.29 is 5.11 Å². The Hall–Kier alpha value is -0.0800. The molecule has 0 aromatic rings. The Kier molecular flexibility index (Phi) is 4.69. The largest absolute Gasteiger partial charge is 0.392 e. The summed E-state index contributed by atoms with van der Waals surface area (Å²) >= 11 is 0. The molecule has 0 amide bonds. The Morgan fingerprint density at radius 1 is 1.27 bits per heavy atom. The zero-order chi connectivity index (χ0) is 9.02. The highest BCUT2D eigenvalue weighted by atomic mass is 16.3. The molecule has 3 unspecified atom stereocenters. The molecule has 0 rings (SSSR count). The van der Waals surface area contributed by atoms with Crippen LogP contribution in [0.4, 0.5) is 0 Å². The van der Waals surface area contributed by atoms with Crippen LogP contribution in [0.25, 0.3) is 0 Å². The monoisotopic (exact) mass is 159 g/mol. The molecule has 0 aliphatic heterocycles. The highest BCUT2D eigenvalue weighted by Gasteiger charge is 2.17. The van der Waals surface area contributed by atoms with Gasteiger partial charge in [0, 0.05) is 12.1 Å². The van der Waals surface area contributed by atoms with Crippen LogP contribution in [0, 0.1) is 0 Å². The number of aliphatic hydroxyl groups excluding tert-OH is 1. The lowest BCUT2D eigenvalue weighted by Gasteiger charge is -2.31. The number of aliphatic hydroxyl groups is 1. The van der Waals surface area contributed by atoms with Gasteiger partial charge in [-0.25, -0.2) is 0 Å². The fourth-order valence-corrected chi connectivity index (χ4v) is 1.03. The molecule has 3 atom stereocenters. The molecule has 2 nitrogen and oxygen atoms in total. The molecule has 0 aromatic carbocycles. The third kappa shape index (κ3) is 3.21. The molecule has 0 fully saturated rings. The molecule has 1 N–H and O–H groups in total. The Balaban J connectivity index is 3.90. The summed E-state index contributed by atoms with van der Waals surface area (Å²) in [5.74, 6) is 0. The van der Waals surface area contributed by atoms with Crippen molar-refractivity contribution in [3.8, 4) is 0 Å². The SMILES string of the molecule is CCC(C)N(C)C(C)C(C)O. The molecule has 0 radical (unpaired) electrons. The van der Waals surface area contributed by atoms with Gasteiger partial charge in [0.05, 0.1) is 6.10 Å². The van der Waals surface area contributed by atoms with Gasteiger partial charge in [0.2, 0.25) is 0 Å². The summed E-state index contributed by atoms with van der Waals surface area (Å²) in [5.41, 5.74) is 0. The summed E-state index contributed by atoms with van der Waals surface area (Å²) < 4.78 is 0. The summed E-state index contributed by atoms with van der Waals surface area (Å²) in [6.45, 7) is 8.23. The molecule has 0 saturated heterocycles. The Bertz CT molecular complexity index is 104. The van der Waals surface area contributed by atoms with Gasteiger partial charge >= 0.3 is 0 Å². The first kappa shape index (κ1) is 10.9. The van der Waals surface area contributed by atoms with E-state index in [1.54, 1.807) is 0 Å². The second kappa shape index (κ2) is 4.73. The Morgan fingerprint density at radius 3 is 2.00 bits per heavy atom. The van der Waals surface area contributed by atoms with Crippen LogP contribution in [0.15, 0.2) is 0 Å². The summed E-state index contributed by atoms with van der Waals surface area (Å²) in [7, 11) is 2.06. The van der Waals surface area contributed by atoms with Gasteiger partial charge in [-0.15, -0.1) is 0 Å². The molecular weight excluding hydrogens is 138 g/mol. The molecule has 11 heavy (non-hydrogen) atoms. The van der Waals surface area contributed by atoms with Crippen LogP contribution in [-0.4, -0.2) is 35.2 Å². The van der Waals surface area contributed by atoms with Crippen molar-refractivity contribution in [1.29, 1.82) is 0 Å². The standard InChI is InChI=1S/C9H21NO/c1-6-7(2)10(5)8(3)9(4)11/h7-9,11H,6H2,1-5H3. The minimum atomic E-state index is -0.242. The number of nitrogens with zero attached hydrogens (tertiary/aromatic N) is 1. The first-order valence-electron chi connectivity index (χ1n) is 4.40. The maximum absolute atomic E-state index is 9.29. The van der Waals surface area contributed by atoms with Crippen molar-refractivity contribution in [2.24, 2.45) is 0 Å². The van der Waals surface area contributed by atoms with Gasteiger partial charge in [0.25, 0.3) is 0 Å². The van der Waals surface area contributed by atoms with Gasteiger partial charge in [0.1, 0.15) is 0 Å². The van der Waals surface area contributed by atoms with Gasteiger partial charge in [0.15, 0.2) is 0 Å². The minimum Gasteiger partial charge on any atom is -0.392 e. The van der Waals surface area contributed by atoms with E-state index in [1.807, 2.05) is 6.92 Å². The summed E-state index contributed by atoms with van der Waals surface area (Å²) in [6.07, 6.45) is 0.891. The van der Waals surface area contributed by atoms with E-state index in [4.69, 9.17) is 0 Å². The number of hydrogen-bond acceptors (Lipinski definition) is 2. The van der Waals surface area contributed by atoms with Crippen LogP contribution in [0.1, 0.15) is 34.1 Å². The molecule has 0 heterocycles. The molecule has 0 spiro atoms. The predicted octanol–water partition coefficient (Wildman–Crippen LogP) is 1.49. The van der Waals surface area contributed by atoms with Crippen molar-refractivity contribution >= 4 is 0 Å². The lowest BCUT2D eigenvalue weighted by molar-refractivity contribution is 0.0648. The molecule has 2 heteroatoms. The smallest absolute Gasteiger partial charge is 0.0664 e. The van der Waals surface area contributed by atoms with E-state index >= 15 is 0 Å². The van der Waals surface area contributed by atoms with Crippen LogP contribution >= 0.6 is 0 Å². The van der Waals surface area contributed by atoms with Crippen LogP contribution in [0.3, 0.4) is 0 Å². The number of hydrogen-bond donors (Lipinski definition) is 1. The third-order valence-corrected chi connectivity index (χ3v) is 2.63. The summed E-state index contributed by atoms with van der Waals surface area (Å²) in [4.78, 5) is 2.21. The van der Waals surface area contributed by atoms with Crippen molar-refractivity contribution in [2.45, 2.75) is 52.3 Å². The second-order valence-corrected chi connectivity index (χ2v) is 3.40. The van der Waals surface area contributed by atoms with E-state index in [0.717, 1.165) is 6.42 Å². The van der Waals surface area contributed by atoms with Crippen molar-refractivity contribution in [2.75, 3.05) is 7.05 Å². The molecule has 0 aliphatic rings. The van der Waals surface area contributed by atoms with E-state index in [-0.39, 0.29) is 12.1 Å². The van der Waals surface area contributed by atoms with Gasteiger partial charge in [-0.1, -0.05) is 6.92 Å². The minimum absolute atomic E-state index is 0.242. The number of rotatable bonds is 4. The van der Waals surface area contributed by atoms with E-state index in [0.29, 0.717) is 6.04 Å². The van der Waals surface area contributed by atoms with E-state index in [1.165, 1.54) is 0 Å². The molecule has 0 aliphatic carbocycles. The van der Waals surface area contributed by atoms with Crippen LogP contribution < -0.4 is 0 Å². The van der Waals surface area contributed by atoms with E-state index < -0.39 is 0 Å².